The molecule has 0 spiro atoms. The van der Waals surface area contributed by atoms with Crippen LogP contribution in [-0.2, 0) is 6.54 Å². The third-order valence-corrected chi connectivity index (χ3v) is 4.12. The predicted octanol–water partition coefficient (Wildman–Crippen LogP) is 3.66. The zero-order valence-corrected chi connectivity index (χ0v) is 11.8. The molecule has 1 saturated carbocycles. The van der Waals surface area contributed by atoms with Crippen LogP contribution in [0.1, 0.15) is 31.4 Å². The average molecular weight is 287 g/mol. The number of pyridine rings is 1. The van der Waals surface area contributed by atoms with Gasteiger partial charge in [0.1, 0.15) is 16.9 Å². The molecule has 4 nitrogen and oxygen atoms in total. The molecule has 1 fully saturated rings. The van der Waals surface area contributed by atoms with Crippen LogP contribution in [0.3, 0.4) is 0 Å². The number of halogens is 1. The molecule has 0 aromatic carbocycles. The van der Waals surface area contributed by atoms with Crippen LogP contribution in [0.2, 0.25) is 5.15 Å². The second-order valence-electron chi connectivity index (χ2n) is 5.25. The Balaban J connectivity index is 1.81. The summed E-state index contributed by atoms with van der Waals surface area (Å²) in [5, 5.41) is 13.6. The van der Waals surface area contributed by atoms with Gasteiger partial charge in [0, 0.05) is 23.9 Å². The number of rotatable bonds is 3. The second-order valence-corrected chi connectivity index (χ2v) is 5.61. The highest BCUT2D eigenvalue weighted by Gasteiger charge is 2.16. The molecule has 1 aliphatic rings. The van der Waals surface area contributed by atoms with Crippen LogP contribution in [0.25, 0.3) is 11.1 Å². The molecule has 2 aromatic heterocycles. The fourth-order valence-corrected chi connectivity index (χ4v) is 3.04. The molecule has 2 aromatic rings. The minimum absolute atomic E-state index is 0.331. The summed E-state index contributed by atoms with van der Waals surface area (Å²) >= 11 is 6.12. The number of hydrogen-bond donors (Lipinski definition) is 0. The van der Waals surface area contributed by atoms with E-state index in [2.05, 4.69) is 10.1 Å². The lowest BCUT2D eigenvalue weighted by molar-refractivity contribution is 0.429. The van der Waals surface area contributed by atoms with Crippen molar-refractivity contribution in [3.8, 4) is 17.2 Å². The number of aromatic nitrogens is 3. The molecule has 0 saturated heterocycles. The summed E-state index contributed by atoms with van der Waals surface area (Å²) in [4.78, 5) is 4.05. The maximum Gasteiger partial charge on any atom is 0.142 e. The lowest BCUT2D eigenvalue weighted by Crippen LogP contribution is -2.07. The van der Waals surface area contributed by atoms with Gasteiger partial charge in [-0.15, -0.1) is 0 Å². The SMILES string of the molecule is N#Cc1ccc(-c2cnn(CC3CCCC3)c2)c(Cl)n1. The van der Waals surface area contributed by atoms with E-state index in [0.29, 0.717) is 10.8 Å². The first kappa shape index (κ1) is 13.1. The summed E-state index contributed by atoms with van der Waals surface area (Å²) in [7, 11) is 0. The molecule has 0 amide bonds. The first-order valence-electron chi connectivity index (χ1n) is 6.86. The van der Waals surface area contributed by atoms with Gasteiger partial charge in [-0.25, -0.2) is 4.98 Å². The van der Waals surface area contributed by atoms with Gasteiger partial charge in [0.15, 0.2) is 0 Å². The fourth-order valence-electron chi connectivity index (χ4n) is 2.77. The Labute approximate surface area is 123 Å². The van der Waals surface area contributed by atoms with E-state index < -0.39 is 0 Å². The molecule has 2 heterocycles. The van der Waals surface area contributed by atoms with Crippen molar-refractivity contribution in [2.45, 2.75) is 32.2 Å². The highest BCUT2D eigenvalue weighted by atomic mass is 35.5. The van der Waals surface area contributed by atoms with Crippen LogP contribution in [0.5, 0.6) is 0 Å². The zero-order chi connectivity index (χ0) is 13.9. The molecule has 0 N–H and O–H groups in total. The standard InChI is InChI=1S/C15H15ClN4/c16-15-14(6-5-13(7-17)19-15)12-8-18-20(10-12)9-11-3-1-2-4-11/h5-6,8,10-11H,1-4,9H2. The van der Waals surface area contributed by atoms with Crippen LogP contribution in [0.15, 0.2) is 24.5 Å². The second kappa shape index (κ2) is 5.64. The minimum Gasteiger partial charge on any atom is -0.272 e. The lowest BCUT2D eigenvalue weighted by atomic mass is 10.1. The number of hydrogen-bond acceptors (Lipinski definition) is 3. The largest absolute Gasteiger partial charge is 0.272 e. The Bertz CT molecular complexity index is 650. The van der Waals surface area contributed by atoms with E-state index in [9.17, 15) is 0 Å². The summed E-state index contributed by atoms with van der Waals surface area (Å²) in [6, 6.07) is 5.48. The summed E-state index contributed by atoms with van der Waals surface area (Å²) in [6.45, 7) is 0.974. The Morgan fingerprint density at radius 2 is 2.15 bits per heavy atom. The first-order valence-corrected chi connectivity index (χ1v) is 7.23. The van der Waals surface area contributed by atoms with E-state index >= 15 is 0 Å². The summed E-state index contributed by atoms with van der Waals surface area (Å²) in [6.07, 6.45) is 9.09. The molecule has 0 unspecified atom stereocenters. The number of nitriles is 1. The third kappa shape index (κ3) is 2.68. The Morgan fingerprint density at radius 1 is 1.35 bits per heavy atom. The fraction of sp³-hybridized carbons (Fsp3) is 0.400. The highest BCUT2D eigenvalue weighted by Crippen LogP contribution is 2.28. The van der Waals surface area contributed by atoms with Gasteiger partial charge in [0.25, 0.3) is 0 Å². The predicted molar refractivity (Wildman–Crippen MR) is 77.1 cm³/mol. The average Bonchev–Trinajstić information content (AvgIpc) is 3.11. The maximum absolute atomic E-state index is 8.80. The molecule has 102 valence electrons. The Hall–Kier alpha value is -1.86. The van der Waals surface area contributed by atoms with Crippen molar-refractivity contribution in [1.29, 1.82) is 5.26 Å². The molecular formula is C15H15ClN4. The van der Waals surface area contributed by atoms with Gasteiger partial charge in [-0.3, -0.25) is 4.68 Å². The van der Waals surface area contributed by atoms with Crippen LogP contribution in [0.4, 0.5) is 0 Å². The quantitative estimate of drug-likeness (QED) is 0.809. The van der Waals surface area contributed by atoms with Gasteiger partial charge < -0.3 is 0 Å². The van der Waals surface area contributed by atoms with Gasteiger partial charge in [-0.05, 0) is 30.9 Å². The van der Waals surface area contributed by atoms with Crippen LogP contribution in [-0.4, -0.2) is 14.8 Å². The van der Waals surface area contributed by atoms with E-state index in [4.69, 9.17) is 16.9 Å². The van der Waals surface area contributed by atoms with E-state index in [1.54, 1.807) is 6.07 Å². The Kier molecular flexibility index (Phi) is 3.70. The molecule has 0 radical (unpaired) electrons. The van der Waals surface area contributed by atoms with Crippen molar-refractivity contribution < 1.29 is 0 Å². The normalized spacial score (nSPS) is 15.4. The van der Waals surface area contributed by atoms with Crippen LogP contribution < -0.4 is 0 Å². The zero-order valence-electron chi connectivity index (χ0n) is 11.1. The Morgan fingerprint density at radius 3 is 2.85 bits per heavy atom. The molecule has 3 rings (SSSR count). The van der Waals surface area contributed by atoms with E-state index in [1.807, 2.05) is 29.2 Å². The van der Waals surface area contributed by atoms with Gasteiger partial charge in [0.2, 0.25) is 0 Å². The smallest absolute Gasteiger partial charge is 0.142 e. The maximum atomic E-state index is 8.80. The molecule has 0 bridgehead atoms. The molecular weight excluding hydrogens is 272 g/mol. The van der Waals surface area contributed by atoms with Gasteiger partial charge >= 0.3 is 0 Å². The molecule has 1 aliphatic carbocycles. The van der Waals surface area contributed by atoms with Gasteiger partial charge in [-0.1, -0.05) is 24.4 Å². The highest BCUT2D eigenvalue weighted by molar-refractivity contribution is 6.32. The monoisotopic (exact) mass is 286 g/mol. The van der Waals surface area contributed by atoms with Crippen molar-refractivity contribution in [3.05, 3.63) is 35.4 Å². The van der Waals surface area contributed by atoms with Crippen molar-refractivity contribution in [1.82, 2.24) is 14.8 Å². The van der Waals surface area contributed by atoms with E-state index in [1.165, 1.54) is 25.7 Å². The van der Waals surface area contributed by atoms with Crippen molar-refractivity contribution >= 4 is 11.6 Å². The van der Waals surface area contributed by atoms with Crippen molar-refractivity contribution in [3.63, 3.8) is 0 Å². The molecule has 0 aliphatic heterocycles. The first-order chi connectivity index (χ1) is 9.76. The van der Waals surface area contributed by atoms with Crippen molar-refractivity contribution in [2.24, 2.45) is 5.92 Å². The summed E-state index contributed by atoms with van der Waals surface area (Å²) in [5.74, 6) is 0.748. The molecule has 5 heteroatoms. The van der Waals surface area contributed by atoms with Gasteiger partial charge in [0.05, 0.1) is 6.20 Å². The number of nitrogens with zero attached hydrogens (tertiary/aromatic N) is 4. The summed E-state index contributed by atoms with van der Waals surface area (Å²) < 4.78 is 1.99. The van der Waals surface area contributed by atoms with Gasteiger partial charge in [-0.2, -0.15) is 10.4 Å². The van der Waals surface area contributed by atoms with Crippen molar-refractivity contribution in [2.75, 3.05) is 0 Å². The lowest BCUT2D eigenvalue weighted by Gasteiger charge is -2.08. The van der Waals surface area contributed by atoms with E-state index in [0.717, 1.165) is 23.6 Å². The molecule has 20 heavy (non-hydrogen) atoms. The summed E-state index contributed by atoms with van der Waals surface area (Å²) in [5.41, 5.74) is 2.10. The third-order valence-electron chi connectivity index (χ3n) is 3.83. The van der Waals surface area contributed by atoms with Crippen LogP contribution >= 0.6 is 11.6 Å². The van der Waals surface area contributed by atoms with Crippen LogP contribution in [0, 0.1) is 17.2 Å². The molecule has 0 atom stereocenters. The minimum atomic E-state index is 0.331. The topological polar surface area (TPSA) is 54.5 Å². The van der Waals surface area contributed by atoms with E-state index in [-0.39, 0.29) is 0 Å².